The van der Waals surface area contributed by atoms with E-state index >= 15 is 0 Å². The van der Waals surface area contributed by atoms with Gasteiger partial charge in [0.1, 0.15) is 0 Å². The minimum Gasteiger partial charge on any atom is -0.465 e. The van der Waals surface area contributed by atoms with Crippen LogP contribution in [0.25, 0.3) is 0 Å². The van der Waals surface area contributed by atoms with E-state index in [9.17, 15) is 23.2 Å². The molecule has 8 heteroatoms. The quantitative estimate of drug-likeness (QED) is 0.630. The molecule has 0 aliphatic heterocycles. The Morgan fingerprint density at radius 3 is 2.11 bits per heavy atom. The highest BCUT2D eigenvalue weighted by atomic mass is 19.2. The summed E-state index contributed by atoms with van der Waals surface area (Å²) in [4.78, 5) is 35.3. The lowest BCUT2D eigenvalue weighted by Crippen LogP contribution is -2.22. The third-order valence-corrected chi connectivity index (χ3v) is 4.23. The van der Waals surface area contributed by atoms with Gasteiger partial charge < -0.3 is 13.9 Å². The maximum absolute atomic E-state index is 14.5. The van der Waals surface area contributed by atoms with Gasteiger partial charge in [0.05, 0.1) is 25.8 Å². The Labute approximate surface area is 158 Å². The normalized spacial score (nSPS) is 10.7. The van der Waals surface area contributed by atoms with Gasteiger partial charge in [-0.3, -0.25) is 9.59 Å². The van der Waals surface area contributed by atoms with Gasteiger partial charge >= 0.3 is 5.97 Å². The summed E-state index contributed by atoms with van der Waals surface area (Å²) >= 11 is 0. The lowest BCUT2D eigenvalue weighted by Gasteiger charge is -2.12. The van der Waals surface area contributed by atoms with Crippen LogP contribution >= 0.6 is 0 Å². The number of hydrogen-bond acceptors (Lipinski definition) is 4. The lowest BCUT2D eigenvalue weighted by atomic mass is 10.1. The van der Waals surface area contributed by atoms with E-state index in [0.717, 1.165) is 10.6 Å². The second kappa shape index (κ2) is 7.99. The zero-order valence-corrected chi connectivity index (χ0v) is 14.9. The topological polar surface area (TPSA) is 70.3 Å². The molecule has 0 spiro atoms. The molecule has 1 aromatic carbocycles. The molecule has 2 heterocycles. The van der Waals surface area contributed by atoms with Gasteiger partial charge in [0.2, 0.25) is 0 Å². The number of carbonyl (C=O) groups is 1. The molecule has 0 bridgehead atoms. The Balaban J connectivity index is 1.92. The third-order valence-electron chi connectivity index (χ3n) is 4.23. The summed E-state index contributed by atoms with van der Waals surface area (Å²) < 4.78 is 36.0. The average Bonchev–Trinajstić information content (AvgIpc) is 2.70. The van der Waals surface area contributed by atoms with Crippen LogP contribution in [-0.2, 0) is 17.8 Å². The molecule has 0 aliphatic rings. The average molecular weight is 386 g/mol. The summed E-state index contributed by atoms with van der Waals surface area (Å²) in [5, 5.41) is 0. The lowest BCUT2D eigenvalue weighted by molar-refractivity contribution is 0.0599. The van der Waals surface area contributed by atoms with Crippen LogP contribution in [-0.4, -0.2) is 22.2 Å². The van der Waals surface area contributed by atoms with Gasteiger partial charge in [-0.2, -0.15) is 0 Å². The fraction of sp³-hybridized carbons (Fsp3) is 0.150. The van der Waals surface area contributed by atoms with Crippen molar-refractivity contribution in [3.63, 3.8) is 0 Å². The van der Waals surface area contributed by atoms with Gasteiger partial charge in [0.25, 0.3) is 11.1 Å². The summed E-state index contributed by atoms with van der Waals surface area (Å²) in [5.74, 6) is -2.86. The van der Waals surface area contributed by atoms with Gasteiger partial charge in [-0.1, -0.05) is 18.2 Å². The van der Waals surface area contributed by atoms with Crippen LogP contribution in [0, 0.1) is 11.6 Å². The second-order valence-corrected chi connectivity index (χ2v) is 6.05. The number of ether oxygens (including phenoxy) is 1. The molecule has 2 aromatic heterocycles. The predicted octanol–water partition coefficient (Wildman–Crippen LogP) is 2.17. The van der Waals surface area contributed by atoms with Crippen LogP contribution in [0.1, 0.15) is 21.5 Å². The number of halogens is 2. The minimum atomic E-state index is -1.11. The molecule has 144 valence electrons. The highest BCUT2D eigenvalue weighted by molar-refractivity contribution is 5.88. The molecule has 0 unspecified atom stereocenters. The molecule has 28 heavy (non-hydrogen) atoms. The van der Waals surface area contributed by atoms with Crippen LogP contribution in [0.4, 0.5) is 8.78 Å². The molecule has 6 nitrogen and oxygen atoms in total. The van der Waals surface area contributed by atoms with E-state index in [1.807, 2.05) is 0 Å². The molecule has 3 aromatic rings. The number of methoxy groups -OCH3 is 1. The number of esters is 1. The molecule has 0 radical (unpaired) electrons. The molecule has 0 amide bonds. The number of nitrogens with zero attached hydrogens (tertiary/aromatic N) is 2. The summed E-state index contributed by atoms with van der Waals surface area (Å²) in [7, 11) is 1.20. The standard InChI is InChI=1S/C20H16F2N2O4/c1-28-20(27)15-7-8-17(26)24(12-15)11-14-6-5-13(18(21)19(14)22)10-23-9-3-2-4-16(23)25/h2-9,12H,10-11H2,1H3. The van der Waals surface area contributed by atoms with Crippen molar-refractivity contribution >= 4 is 5.97 Å². The first-order chi connectivity index (χ1) is 13.4. The first-order valence-electron chi connectivity index (χ1n) is 8.30. The van der Waals surface area contributed by atoms with Crippen LogP contribution in [0.2, 0.25) is 0 Å². The number of aromatic nitrogens is 2. The Morgan fingerprint density at radius 1 is 0.893 bits per heavy atom. The van der Waals surface area contributed by atoms with Crippen molar-refractivity contribution in [2.75, 3.05) is 7.11 Å². The number of hydrogen-bond donors (Lipinski definition) is 0. The van der Waals surface area contributed by atoms with E-state index in [1.54, 1.807) is 12.1 Å². The van der Waals surface area contributed by atoms with Gasteiger partial charge in [0.15, 0.2) is 11.6 Å². The monoisotopic (exact) mass is 386 g/mol. The molecule has 0 saturated carbocycles. The Kier molecular flexibility index (Phi) is 5.49. The molecule has 0 saturated heterocycles. The number of rotatable bonds is 5. The van der Waals surface area contributed by atoms with Crippen molar-refractivity contribution in [2.24, 2.45) is 0 Å². The molecule has 0 N–H and O–H groups in total. The largest absolute Gasteiger partial charge is 0.465 e. The number of carbonyl (C=O) groups excluding carboxylic acids is 1. The summed E-state index contributed by atoms with van der Waals surface area (Å²) in [5.41, 5.74) is -0.760. The van der Waals surface area contributed by atoms with Crippen LogP contribution in [0.3, 0.4) is 0 Å². The van der Waals surface area contributed by atoms with Crippen LogP contribution in [0.15, 0.2) is 64.4 Å². The highest BCUT2D eigenvalue weighted by Gasteiger charge is 2.15. The molecule has 0 fully saturated rings. The smallest absolute Gasteiger partial charge is 0.339 e. The summed E-state index contributed by atoms with van der Waals surface area (Å²) in [6.07, 6.45) is 2.70. The first-order valence-corrected chi connectivity index (χ1v) is 8.30. The minimum absolute atomic E-state index is 0.00482. The van der Waals surface area contributed by atoms with Crippen molar-refractivity contribution in [3.05, 3.63) is 104 Å². The molecule has 0 aliphatic carbocycles. The highest BCUT2D eigenvalue weighted by Crippen LogP contribution is 2.18. The van der Waals surface area contributed by atoms with Crippen molar-refractivity contribution in [1.29, 1.82) is 0 Å². The van der Waals surface area contributed by atoms with E-state index < -0.39 is 23.2 Å². The zero-order chi connectivity index (χ0) is 20.3. The van der Waals surface area contributed by atoms with E-state index in [2.05, 4.69) is 4.74 Å². The maximum Gasteiger partial charge on any atom is 0.339 e. The summed E-state index contributed by atoms with van der Waals surface area (Å²) in [6.45, 7) is -0.390. The fourth-order valence-corrected chi connectivity index (χ4v) is 2.73. The number of benzene rings is 1. The zero-order valence-electron chi connectivity index (χ0n) is 14.9. The third kappa shape index (κ3) is 3.90. The van der Waals surface area contributed by atoms with Crippen molar-refractivity contribution in [3.8, 4) is 0 Å². The first kappa shape index (κ1) is 19.2. The Bertz CT molecular complexity index is 1150. The van der Waals surface area contributed by atoms with E-state index in [4.69, 9.17) is 0 Å². The number of pyridine rings is 2. The van der Waals surface area contributed by atoms with Crippen LogP contribution < -0.4 is 11.1 Å². The van der Waals surface area contributed by atoms with Crippen molar-refractivity contribution in [2.45, 2.75) is 13.1 Å². The van der Waals surface area contributed by atoms with E-state index in [1.165, 1.54) is 48.3 Å². The molecular weight excluding hydrogens is 370 g/mol. The Hall–Kier alpha value is -3.55. The maximum atomic E-state index is 14.5. The van der Waals surface area contributed by atoms with E-state index in [-0.39, 0.29) is 35.3 Å². The molecule has 3 rings (SSSR count). The summed E-state index contributed by atoms with van der Waals surface area (Å²) in [6, 6.07) is 9.65. The SMILES string of the molecule is COC(=O)c1ccc(=O)n(Cc2ccc(Cn3ccccc3=O)c(F)c2F)c1. The molecule has 0 atom stereocenters. The van der Waals surface area contributed by atoms with Gasteiger partial charge in [-0.15, -0.1) is 0 Å². The van der Waals surface area contributed by atoms with E-state index in [0.29, 0.717) is 0 Å². The fourth-order valence-electron chi connectivity index (χ4n) is 2.73. The predicted molar refractivity (Wildman–Crippen MR) is 97.3 cm³/mol. The Morgan fingerprint density at radius 2 is 1.50 bits per heavy atom. The van der Waals surface area contributed by atoms with Gasteiger partial charge in [-0.25, -0.2) is 13.6 Å². The van der Waals surface area contributed by atoms with Gasteiger partial charge in [0, 0.05) is 35.7 Å². The second-order valence-electron chi connectivity index (χ2n) is 6.05. The van der Waals surface area contributed by atoms with Crippen molar-refractivity contribution < 1.29 is 18.3 Å². The van der Waals surface area contributed by atoms with Crippen LogP contribution in [0.5, 0.6) is 0 Å². The van der Waals surface area contributed by atoms with Gasteiger partial charge in [-0.05, 0) is 12.1 Å². The molecular formula is C20H16F2N2O4. The van der Waals surface area contributed by atoms with Crippen molar-refractivity contribution in [1.82, 2.24) is 9.13 Å².